The SMILES string of the molecule is O=C(NCCCn1ccc2ccccc21)NC1CCC(C(=O)O)CC1. The van der Waals surface area contributed by atoms with Crippen LogP contribution in [0.4, 0.5) is 4.79 Å². The largest absolute Gasteiger partial charge is 0.481 e. The number of carboxylic acid groups (broad SMARTS) is 1. The third kappa shape index (κ3) is 4.53. The molecule has 1 aromatic heterocycles. The lowest BCUT2D eigenvalue weighted by molar-refractivity contribution is -0.142. The maximum absolute atomic E-state index is 12.0. The van der Waals surface area contributed by atoms with Crippen molar-refractivity contribution in [3.05, 3.63) is 36.5 Å². The molecule has 6 nitrogen and oxygen atoms in total. The Bertz CT molecular complexity index is 732. The van der Waals surface area contributed by atoms with Crippen molar-refractivity contribution in [1.29, 1.82) is 0 Å². The second-order valence-corrected chi connectivity index (χ2v) is 6.71. The van der Waals surface area contributed by atoms with Crippen molar-refractivity contribution in [3.8, 4) is 0 Å². The highest BCUT2D eigenvalue weighted by molar-refractivity contribution is 5.79. The van der Waals surface area contributed by atoms with Crippen LogP contribution in [0.3, 0.4) is 0 Å². The topological polar surface area (TPSA) is 83.4 Å². The molecule has 2 amide bonds. The summed E-state index contributed by atoms with van der Waals surface area (Å²) in [5.74, 6) is -0.974. The van der Waals surface area contributed by atoms with Gasteiger partial charge in [-0.05, 0) is 49.6 Å². The number of aryl methyl sites for hydroxylation is 1. The first-order valence-corrected chi connectivity index (χ1v) is 8.94. The van der Waals surface area contributed by atoms with Crippen LogP contribution in [-0.2, 0) is 11.3 Å². The summed E-state index contributed by atoms with van der Waals surface area (Å²) in [7, 11) is 0. The lowest BCUT2D eigenvalue weighted by atomic mass is 9.86. The van der Waals surface area contributed by atoms with E-state index in [4.69, 9.17) is 5.11 Å². The number of hydrogen-bond donors (Lipinski definition) is 3. The van der Waals surface area contributed by atoms with Crippen molar-refractivity contribution >= 4 is 22.9 Å². The molecule has 0 spiro atoms. The zero-order valence-corrected chi connectivity index (χ0v) is 14.3. The van der Waals surface area contributed by atoms with Gasteiger partial charge in [-0.1, -0.05) is 18.2 Å². The average Bonchev–Trinajstić information content (AvgIpc) is 3.02. The van der Waals surface area contributed by atoms with E-state index >= 15 is 0 Å². The molecule has 0 atom stereocenters. The number of aliphatic carboxylic acids is 1. The molecule has 0 unspecified atom stereocenters. The van der Waals surface area contributed by atoms with E-state index in [1.807, 2.05) is 12.1 Å². The van der Waals surface area contributed by atoms with E-state index in [2.05, 4.69) is 39.6 Å². The molecule has 2 aromatic rings. The first-order chi connectivity index (χ1) is 12.1. The highest BCUT2D eigenvalue weighted by Crippen LogP contribution is 2.24. The third-order valence-corrected chi connectivity index (χ3v) is 4.95. The van der Waals surface area contributed by atoms with Crippen molar-refractivity contribution in [2.45, 2.75) is 44.7 Å². The number of amides is 2. The molecule has 25 heavy (non-hydrogen) atoms. The highest BCUT2D eigenvalue weighted by atomic mass is 16.4. The van der Waals surface area contributed by atoms with E-state index in [-0.39, 0.29) is 18.0 Å². The molecule has 1 saturated carbocycles. The molecular formula is C19H25N3O3. The summed E-state index contributed by atoms with van der Waals surface area (Å²) in [6.45, 7) is 1.47. The summed E-state index contributed by atoms with van der Waals surface area (Å²) in [6, 6.07) is 10.3. The maximum Gasteiger partial charge on any atom is 0.315 e. The van der Waals surface area contributed by atoms with Gasteiger partial charge < -0.3 is 20.3 Å². The van der Waals surface area contributed by atoms with Crippen LogP contribution in [0.5, 0.6) is 0 Å². The molecule has 0 saturated heterocycles. The fourth-order valence-electron chi connectivity index (χ4n) is 3.51. The third-order valence-electron chi connectivity index (χ3n) is 4.95. The zero-order chi connectivity index (χ0) is 17.6. The van der Waals surface area contributed by atoms with Gasteiger partial charge in [-0.2, -0.15) is 0 Å². The number of nitrogens with one attached hydrogen (secondary N) is 2. The van der Waals surface area contributed by atoms with Crippen LogP contribution in [0.25, 0.3) is 10.9 Å². The van der Waals surface area contributed by atoms with Gasteiger partial charge >= 0.3 is 12.0 Å². The Kier molecular flexibility index (Phi) is 5.58. The number of aromatic nitrogens is 1. The second-order valence-electron chi connectivity index (χ2n) is 6.71. The Morgan fingerprint density at radius 3 is 2.64 bits per heavy atom. The number of benzene rings is 1. The standard InChI is InChI=1S/C19H25N3O3/c23-18(24)15-6-8-16(9-7-15)21-19(25)20-11-3-12-22-13-10-14-4-1-2-5-17(14)22/h1-2,4-5,10,13,15-16H,3,6-9,11-12H2,(H,23,24)(H2,20,21,25). The Hall–Kier alpha value is -2.50. The number of nitrogens with zero attached hydrogens (tertiary/aromatic N) is 1. The van der Waals surface area contributed by atoms with E-state index < -0.39 is 5.97 Å². The Morgan fingerprint density at radius 1 is 1.12 bits per heavy atom. The molecule has 1 fully saturated rings. The number of carboxylic acids is 1. The van der Waals surface area contributed by atoms with E-state index in [9.17, 15) is 9.59 Å². The van der Waals surface area contributed by atoms with Crippen LogP contribution in [0.15, 0.2) is 36.5 Å². The van der Waals surface area contributed by atoms with Crippen LogP contribution in [0.2, 0.25) is 0 Å². The van der Waals surface area contributed by atoms with E-state index in [1.54, 1.807) is 0 Å². The van der Waals surface area contributed by atoms with Gasteiger partial charge in [0.25, 0.3) is 0 Å². The van der Waals surface area contributed by atoms with Gasteiger partial charge in [0.2, 0.25) is 0 Å². The van der Waals surface area contributed by atoms with Gasteiger partial charge in [0.1, 0.15) is 0 Å². The molecule has 0 bridgehead atoms. The van der Waals surface area contributed by atoms with Gasteiger partial charge in [0.05, 0.1) is 5.92 Å². The van der Waals surface area contributed by atoms with Gasteiger partial charge in [0.15, 0.2) is 0 Å². The summed E-state index contributed by atoms with van der Waals surface area (Å²) >= 11 is 0. The molecule has 1 heterocycles. The number of rotatable bonds is 6. The highest BCUT2D eigenvalue weighted by Gasteiger charge is 2.26. The van der Waals surface area contributed by atoms with Crippen LogP contribution in [-0.4, -0.2) is 34.3 Å². The number of para-hydroxylation sites is 1. The van der Waals surface area contributed by atoms with E-state index in [0.29, 0.717) is 19.4 Å². The Morgan fingerprint density at radius 2 is 1.88 bits per heavy atom. The smallest absolute Gasteiger partial charge is 0.315 e. The molecular weight excluding hydrogens is 318 g/mol. The molecule has 1 aliphatic carbocycles. The monoisotopic (exact) mass is 343 g/mol. The van der Waals surface area contributed by atoms with Gasteiger partial charge in [-0.3, -0.25) is 4.79 Å². The minimum atomic E-state index is -0.722. The van der Waals surface area contributed by atoms with Crippen LogP contribution < -0.4 is 10.6 Å². The molecule has 3 rings (SSSR count). The Labute approximate surface area is 147 Å². The molecule has 0 radical (unpaired) electrons. The predicted molar refractivity (Wildman–Crippen MR) is 96.5 cm³/mol. The van der Waals surface area contributed by atoms with E-state index in [1.165, 1.54) is 10.9 Å². The van der Waals surface area contributed by atoms with Crippen molar-refractivity contribution in [2.75, 3.05) is 6.54 Å². The fraction of sp³-hybridized carbons (Fsp3) is 0.474. The summed E-state index contributed by atoms with van der Waals surface area (Å²) in [4.78, 5) is 22.9. The first kappa shape index (κ1) is 17.3. The predicted octanol–water partition coefficient (Wildman–Crippen LogP) is 2.97. The lowest BCUT2D eigenvalue weighted by Gasteiger charge is -2.26. The first-order valence-electron chi connectivity index (χ1n) is 8.94. The maximum atomic E-state index is 12.0. The number of hydrogen-bond acceptors (Lipinski definition) is 2. The molecule has 134 valence electrons. The number of urea groups is 1. The van der Waals surface area contributed by atoms with E-state index in [0.717, 1.165) is 25.8 Å². The summed E-state index contributed by atoms with van der Waals surface area (Å²) in [5, 5.41) is 16.1. The van der Waals surface area contributed by atoms with Crippen molar-refractivity contribution in [1.82, 2.24) is 15.2 Å². The normalized spacial score (nSPS) is 20.3. The number of carbonyl (C=O) groups excluding carboxylic acids is 1. The van der Waals surface area contributed by atoms with Crippen molar-refractivity contribution in [2.24, 2.45) is 5.92 Å². The fourth-order valence-corrected chi connectivity index (χ4v) is 3.51. The second kappa shape index (κ2) is 8.05. The summed E-state index contributed by atoms with van der Waals surface area (Å²) in [6.07, 6.45) is 5.69. The van der Waals surface area contributed by atoms with Crippen LogP contribution >= 0.6 is 0 Å². The molecule has 3 N–H and O–H groups in total. The van der Waals surface area contributed by atoms with Gasteiger partial charge in [-0.15, -0.1) is 0 Å². The number of carbonyl (C=O) groups is 2. The summed E-state index contributed by atoms with van der Waals surface area (Å²) in [5.41, 5.74) is 1.21. The summed E-state index contributed by atoms with van der Waals surface area (Å²) < 4.78 is 2.20. The van der Waals surface area contributed by atoms with Gasteiger partial charge in [-0.25, -0.2) is 4.79 Å². The minimum absolute atomic E-state index is 0.0870. The van der Waals surface area contributed by atoms with Crippen LogP contribution in [0.1, 0.15) is 32.1 Å². The number of fused-ring (bicyclic) bond motifs is 1. The average molecular weight is 343 g/mol. The van der Waals surface area contributed by atoms with Crippen molar-refractivity contribution < 1.29 is 14.7 Å². The molecule has 0 aliphatic heterocycles. The Balaban J connectivity index is 1.35. The molecule has 1 aromatic carbocycles. The minimum Gasteiger partial charge on any atom is -0.481 e. The molecule has 1 aliphatic rings. The zero-order valence-electron chi connectivity index (χ0n) is 14.3. The van der Waals surface area contributed by atoms with Gasteiger partial charge in [0, 0.05) is 30.8 Å². The molecule has 6 heteroatoms. The van der Waals surface area contributed by atoms with Crippen molar-refractivity contribution in [3.63, 3.8) is 0 Å². The van der Waals surface area contributed by atoms with Crippen LogP contribution in [0, 0.1) is 5.92 Å². The quantitative estimate of drug-likeness (QED) is 0.705. The lowest BCUT2D eigenvalue weighted by Crippen LogP contribution is -2.44.